The molecule has 0 spiro atoms. The van der Waals surface area contributed by atoms with Gasteiger partial charge in [0.1, 0.15) is 4.90 Å². The molecule has 1 aromatic carbocycles. The van der Waals surface area contributed by atoms with Crippen molar-refractivity contribution in [2.75, 3.05) is 18.1 Å². The number of thioether (sulfide) groups is 1. The number of amides is 1. The van der Waals surface area contributed by atoms with Gasteiger partial charge < -0.3 is 5.32 Å². The number of anilines is 1. The topological polar surface area (TPSA) is 79.4 Å². The highest BCUT2D eigenvalue weighted by molar-refractivity contribution is 8.01. The van der Waals surface area contributed by atoms with Crippen molar-refractivity contribution in [2.45, 2.75) is 54.3 Å². The Balaban J connectivity index is 1.71. The molecule has 152 valence electrons. The molecule has 1 aliphatic rings. The van der Waals surface area contributed by atoms with Gasteiger partial charge in [-0.25, -0.2) is 13.4 Å². The number of para-hydroxylation sites is 1. The van der Waals surface area contributed by atoms with E-state index in [0.29, 0.717) is 5.69 Å². The van der Waals surface area contributed by atoms with Gasteiger partial charge in [-0.3, -0.25) is 4.79 Å². The quantitative estimate of drug-likeness (QED) is 0.656. The van der Waals surface area contributed by atoms with E-state index in [0.717, 1.165) is 42.1 Å². The number of hydrogen-bond acceptors (Lipinski definition) is 6. The summed E-state index contributed by atoms with van der Waals surface area (Å²) >= 11 is 2.84. The highest BCUT2D eigenvalue weighted by Gasteiger charge is 2.30. The number of carbonyl (C=O) groups excluding carboxylic acids is 1. The summed E-state index contributed by atoms with van der Waals surface area (Å²) in [6.07, 6.45) is 5.03. The monoisotopic (exact) mass is 439 g/mol. The number of sulfonamides is 1. The van der Waals surface area contributed by atoms with Crippen LogP contribution in [-0.2, 0) is 14.8 Å². The maximum Gasteiger partial charge on any atom is 0.245 e. The number of thiazole rings is 1. The van der Waals surface area contributed by atoms with Crippen molar-refractivity contribution in [1.29, 1.82) is 0 Å². The molecule has 1 fully saturated rings. The number of carbonyl (C=O) groups is 1. The summed E-state index contributed by atoms with van der Waals surface area (Å²) in [5.41, 5.74) is 1.25. The second-order valence-corrected chi connectivity index (χ2v) is 10.9. The SMILES string of the molecule is Cc1csc(SCC(=O)Nc2ccccc2S(=O)(=O)N(C)C2CCCCC2)n1. The molecule has 1 aliphatic carbocycles. The van der Waals surface area contributed by atoms with Gasteiger partial charge in [-0.05, 0) is 31.9 Å². The molecule has 0 bridgehead atoms. The third-order valence-corrected chi connectivity index (χ3v) is 8.94. The molecule has 1 heterocycles. The Morgan fingerprint density at radius 2 is 2.00 bits per heavy atom. The lowest BCUT2D eigenvalue weighted by atomic mass is 9.96. The summed E-state index contributed by atoms with van der Waals surface area (Å²) in [7, 11) is -2.03. The smallest absolute Gasteiger partial charge is 0.245 e. The van der Waals surface area contributed by atoms with E-state index >= 15 is 0 Å². The first-order valence-electron chi connectivity index (χ1n) is 9.30. The van der Waals surface area contributed by atoms with E-state index in [-0.39, 0.29) is 22.6 Å². The summed E-state index contributed by atoms with van der Waals surface area (Å²) < 4.78 is 28.7. The van der Waals surface area contributed by atoms with Crippen LogP contribution in [0.1, 0.15) is 37.8 Å². The predicted molar refractivity (Wildman–Crippen MR) is 114 cm³/mol. The second kappa shape index (κ2) is 9.39. The number of aromatic nitrogens is 1. The van der Waals surface area contributed by atoms with Gasteiger partial charge >= 0.3 is 0 Å². The molecule has 0 saturated heterocycles. The highest BCUT2D eigenvalue weighted by Crippen LogP contribution is 2.30. The number of nitrogens with one attached hydrogen (secondary N) is 1. The second-order valence-electron chi connectivity index (χ2n) is 6.90. The van der Waals surface area contributed by atoms with Gasteiger partial charge in [0.05, 0.1) is 11.4 Å². The number of benzene rings is 1. The van der Waals surface area contributed by atoms with Crippen molar-refractivity contribution in [3.63, 3.8) is 0 Å². The van der Waals surface area contributed by atoms with Crippen LogP contribution in [0.3, 0.4) is 0 Å². The zero-order chi connectivity index (χ0) is 20.1. The van der Waals surface area contributed by atoms with Crippen LogP contribution < -0.4 is 5.32 Å². The van der Waals surface area contributed by atoms with E-state index < -0.39 is 10.0 Å². The third kappa shape index (κ3) is 5.14. The Labute approximate surface area is 174 Å². The predicted octanol–water partition coefficient (Wildman–Crippen LogP) is 4.14. The van der Waals surface area contributed by atoms with Gasteiger partial charge in [0, 0.05) is 24.2 Å². The fourth-order valence-corrected chi connectivity index (χ4v) is 6.51. The Morgan fingerprint density at radius 3 is 2.68 bits per heavy atom. The first-order chi connectivity index (χ1) is 13.4. The van der Waals surface area contributed by atoms with Crippen LogP contribution in [0, 0.1) is 6.92 Å². The van der Waals surface area contributed by atoms with Crippen LogP contribution in [0.2, 0.25) is 0 Å². The maximum atomic E-state index is 13.2. The van der Waals surface area contributed by atoms with Crippen LogP contribution in [0.15, 0.2) is 38.9 Å². The molecule has 1 aromatic heterocycles. The zero-order valence-corrected chi connectivity index (χ0v) is 18.5. The minimum absolute atomic E-state index is 0.0196. The summed E-state index contributed by atoms with van der Waals surface area (Å²) in [6, 6.07) is 6.63. The molecule has 0 unspecified atom stereocenters. The molecule has 1 N–H and O–H groups in total. The van der Waals surface area contributed by atoms with Crippen LogP contribution in [-0.4, -0.2) is 42.5 Å². The van der Waals surface area contributed by atoms with E-state index in [1.54, 1.807) is 31.3 Å². The van der Waals surface area contributed by atoms with Crippen LogP contribution in [0.5, 0.6) is 0 Å². The summed E-state index contributed by atoms with van der Waals surface area (Å²) in [5, 5.41) is 4.70. The van der Waals surface area contributed by atoms with Crippen molar-refractivity contribution in [2.24, 2.45) is 0 Å². The van der Waals surface area contributed by atoms with Gasteiger partial charge in [0.25, 0.3) is 0 Å². The minimum atomic E-state index is -3.68. The average Bonchev–Trinajstić information content (AvgIpc) is 3.12. The lowest BCUT2D eigenvalue weighted by Crippen LogP contribution is -2.38. The highest BCUT2D eigenvalue weighted by atomic mass is 32.2. The Hall–Kier alpha value is -1.42. The molecule has 9 heteroatoms. The van der Waals surface area contributed by atoms with Gasteiger partial charge in [-0.2, -0.15) is 4.31 Å². The number of aryl methyl sites for hydroxylation is 1. The fourth-order valence-electron chi connectivity index (χ4n) is 3.30. The van der Waals surface area contributed by atoms with E-state index in [1.807, 2.05) is 12.3 Å². The van der Waals surface area contributed by atoms with Crippen LogP contribution in [0.4, 0.5) is 5.69 Å². The molecular formula is C19H25N3O3S3. The minimum Gasteiger partial charge on any atom is -0.324 e. The Kier molecular flexibility index (Phi) is 7.14. The van der Waals surface area contributed by atoms with Crippen LogP contribution >= 0.6 is 23.1 Å². The molecular weight excluding hydrogens is 414 g/mol. The molecule has 6 nitrogen and oxygen atoms in total. The van der Waals surface area contributed by atoms with Crippen molar-refractivity contribution < 1.29 is 13.2 Å². The third-order valence-electron chi connectivity index (χ3n) is 4.83. The normalized spacial score (nSPS) is 15.7. The standard InChI is InChI=1S/C19H25N3O3S3/c1-14-12-26-19(20-14)27-13-18(23)21-16-10-6-7-11-17(16)28(24,25)22(2)15-8-4-3-5-9-15/h6-7,10-12,15H,3-5,8-9,13H2,1-2H3,(H,21,23). The molecule has 0 atom stereocenters. The Morgan fingerprint density at radius 1 is 1.29 bits per heavy atom. The van der Waals surface area contributed by atoms with Crippen molar-refractivity contribution in [1.82, 2.24) is 9.29 Å². The molecule has 2 aromatic rings. The zero-order valence-electron chi connectivity index (χ0n) is 16.1. The average molecular weight is 440 g/mol. The molecule has 1 amide bonds. The maximum absolute atomic E-state index is 13.2. The van der Waals surface area contributed by atoms with E-state index in [9.17, 15) is 13.2 Å². The van der Waals surface area contributed by atoms with Gasteiger partial charge in [0.15, 0.2) is 4.34 Å². The van der Waals surface area contributed by atoms with E-state index in [2.05, 4.69) is 10.3 Å². The van der Waals surface area contributed by atoms with Gasteiger partial charge in [-0.1, -0.05) is 43.2 Å². The van der Waals surface area contributed by atoms with Gasteiger partial charge in [-0.15, -0.1) is 11.3 Å². The van der Waals surface area contributed by atoms with E-state index in [4.69, 9.17) is 0 Å². The lowest BCUT2D eigenvalue weighted by Gasteiger charge is -2.30. The largest absolute Gasteiger partial charge is 0.324 e. The fraction of sp³-hybridized carbons (Fsp3) is 0.474. The van der Waals surface area contributed by atoms with Gasteiger partial charge in [0.2, 0.25) is 15.9 Å². The van der Waals surface area contributed by atoms with Crippen LogP contribution in [0.25, 0.3) is 0 Å². The molecule has 0 radical (unpaired) electrons. The lowest BCUT2D eigenvalue weighted by molar-refractivity contribution is -0.113. The van der Waals surface area contributed by atoms with E-state index in [1.165, 1.54) is 27.4 Å². The summed E-state index contributed by atoms with van der Waals surface area (Å²) in [6.45, 7) is 1.91. The van der Waals surface area contributed by atoms with Crippen molar-refractivity contribution in [3.8, 4) is 0 Å². The number of hydrogen-bond donors (Lipinski definition) is 1. The molecule has 28 heavy (non-hydrogen) atoms. The molecule has 1 saturated carbocycles. The summed E-state index contributed by atoms with van der Waals surface area (Å²) in [4.78, 5) is 16.8. The first-order valence-corrected chi connectivity index (χ1v) is 12.6. The summed E-state index contributed by atoms with van der Waals surface area (Å²) in [5.74, 6) is -0.0689. The number of nitrogens with zero attached hydrogens (tertiary/aromatic N) is 2. The number of rotatable bonds is 7. The molecule has 0 aliphatic heterocycles. The van der Waals surface area contributed by atoms with Crippen molar-refractivity contribution in [3.05, 3.63) is 35.3 Å². The first kappa shape index (κ1) is 21.3. The van der Waals surface area contributed by atoms with Crippen molar-refractivity contribution >= 4 is 44.7 Å². The Bertz CT molecular complexity index is 921. The molecule has 3 rings (SSSR count).